The molecule has 0 saturated carbocycles. The van der Waals surface area contributed by atoms with Gasteiger partial charge in [0.15, 0.2) is 5.96 Å². The van der Waals surface area contributed by atoms with Gasteiger partial charge in [-0.05, 0) is 30.0 Å². The Morgan fingerprint density at radius 2 is 2.21 bits per heavy atom. The molecular formula is C17H23N5OS. The van der Waals surface area contributed by atoms with Crippen LogP contribution in [0.5, 0.6) is 0 Å². The standard InChI is InChI=1S/C17H23N5OS/c1-22(11-8-14-5-2-3-9-19-14)16(23)13-21-17(18)20-10-7-15-6-4-12-24-15/h2-6,9,12H,7-8,10-11,13H2,1H3,(H3,18,20,21). The van der Waals surface area contributed by atoms with Crippen molar-refractivity contribution in [1.82, 2.24) is 15.2 Å². The van der Waals surface area contributed by atoms with E-state index in [1.165, 1.54) is 4.88 Å². The van der Waals surface area contributed by atoms with Crippen molar-refractivity contribution < 1.29 is 4.79 Å². The van der Waals surface area contributed by atoms with E-state index in [4.69, 9.17) is 5.73 Å². The molecule has 3 N–H and O–H groups in total. The third-order valence-electron chi connectivity index (χ3n) is 3.50. The first kappa shape index (κ1) is 17.9. The second-order valence-corrected chi connectivity index (χ2v) is 6.38. The number of hydrogen-bond donors (Lipinski definition) is 2. The molecule has 0 bridgehead atoms. The number of likely N-dealkylation sites (N-methyl/N-ethyl adjacent to an activating group) is 1. The van der Waals surface area contributed by atoms with Crippen LogP contribution in [0.4, 0.5) is 0 Å². The number of carbonyl (C=O) groups is 1. The fourth-order valence-corrected chi connectivity index (χ4v) is 2.76. The Morgan fingerprint density at radius 1 is 1.33 bits per heavy atom. The van der Waals surface area contributed by atoms with Crippen molar-refractivity contribution in [3.05, 3.63) is 52.5 Å². The highest BCUT2D eigenvalue weighted by Crippen LogP contribution is 2.07. The monoisotopic (exact) mass is 345 g/mol. The number of nitrogens with two attached hydrogens (primary N) is 1. The van der Waals surface area contributed by atoms with Crippen molar-refractivity contribution in [2.45, 2.75) is 12.8 Å². The molecule has 0 radical (unpaired) electrons. The Kier molecular flexibility index (Phi) is 7.22. The molecule has 0 aliphatic heterocycles. The Labute approximate surface area is 146 Å². The summed E-state index contributed by atoms with van der Waals surface area (Å²) < 4.78 is 0. The van der Waals surface area contributed by atoms with Gasteiger partial charge in [0.2, 0.25) is 5.91 Å². The van der Waals surface area contributed by atoms with E-state index < -0.39 is 0 Å². The molecule has 1 amide bonds. The van der Waals surface area contributed by atoms with Crippen molar-refractivity contribution in [3.8, 4) is 0 Å². The maximum Gasteiger partial charge on any atom is 0.244 e. The Hall–Kier alpha value is -2.41. The summed E-state index contributed by atoms with van der Waals surface area (Å²) >= 11 is 1.71. The van der Waals surface area contributed by atoms with Crippen LogP contribution in [0.2, 0.25) is 0 Å². The molecule has 0 aliphatic rings. The zero-order chi connectivity index (χ0) is 17.2. The van der Waals surface area contributed by atoms with Crippen LogP contribution in [0.1, 0.15) is 10.6 Å². The number of nitrogens with one attached hydrogen (secondary N) is 1. The molecule has 6 nitrogen and oxygen atoms in total. The number of nitrogens with zero attached hydrogens (tertiary/aromatic N) is 3. The molecule has 2 aromatic rings. The van der Waals surface area contributed by atoms with E-state index >= 15 is 0 Å². The van der Waals surface area contributed by atoms with E-state index in [0.29, 0.717) is 19.0 Å². The molecule has 24 heavy (non-hydrogen) atoms. The molecule has 2 heterocycles. The van der Waals surface area contributed by atoms with Crippen molar-refractivity contribution in [1.29, 1.82) is 0 Å². The lowest BCUT2D eigenvalue weighted by Gasteiger charge is -2.15. The number of rotatable bonds is 8. The normalized spacial score (nSPS) is 11.3. The van der Waals surface area contributed by atoms with E-state index in [9.17, 15) is 4.79 Å². The zero-order valence-corrected chi connectivity index (χ0v) is 14.6. The lowest BCUT2D eigenvalue weighted by molar-refractivity contribution is -0.128. The van der Waals surface area contributed by atoms with Gasteiger partial charge in [-0.15, -0.1) is 11.3 Å². The van der Waals surface area contributed by atoms with Crippen LogP contribution in [0.15, 0.2) is 46.9 Å². The fraction of sp³-hybridized carbons (Fsp3) is 0.353. The summed E-state index contributed by atoms with van der Waals surface area (Å²) in [5.74, 6) is 0.243. The highest BCUT2D eigenvalue weighted by atomic mass is 32.1. The second-order valence-electron chi connectivity index (χ2n) is 5.34. The van der Waals surface area contributed by atoms with Gasteiger partial charge in [-0.25, -0.2) is 4.99 Å². The number of thiophene rings is 1. The summed E-state index contributed by atoms with van der Waals surface area (Å²) in [6, 6.07) is 9.88. The number of pyridine rings is 1. The highest BCUT2D eigenvalue weighted by molar-refractivity contribution is 7.09. The summed E-state index contributed by atoms with van der Waals surface area (Å²) in [7, 11) is 1.77. The van der Waals surface area contributed by atoms with Gasteiger partial charge in [-0.1, -0.05) is 12.1 Å². The molecule has 2 aromatic heterocycles. The molecule has 0 fully saturated rings. The Bertz CT molecular complexity index is 642. The minimum atomic E-state index is -0.0612. The molecule has 0 aromatic carbocycles. The van der Waals surface area contributed by atoms with Gasteiger partial charge < -0.3 is 16.0 Å². The molecule has 128 valence electrons. The van der Waals surface area contributed by atoms with Gasteiger partial charge in [0.05, 0.1) is 0 Å². The van der Waals surface area contributed by atoms with Gasteiger partial charge in [-0.2, -0.15) is 0 Å². The van der Waals surface area contributed by atoms with E-state index in [0.717, 1.165) is 18.5 Å². The van der Waals surface area contributed by atoms with Gasteiger partial charge in [0.25, 0.3) is 0 Å². The van der Waals surface area contributed by atoms with Crippen LogP contribution >= 0.6 is 11.3 Å². The average Bonchev–Trinajstić information content (AvgIpc) is 3.12. The van der Waals surface area contributed by atoms with Crippen molar-refractivity contribution in [2.24, 2.45) is 10.7 Å². The SMILES string of the molecule is CN(CCc1ccccn1)C(=O)CN=C(N)NCCc1cccs1. The van der Waals surface area contributed by atoms with Crippen molar-refractivity contribution >= 4 is 23.2 Å². The number of amides is 1. The lowest BCUT2D eigenvalue weighted by Crippen LogP contribution is -2.36. The number of guanidine groups is 1. The predicted octanol–water partition coefficient (Wildman–Crippen LogP) is 1.29. The molecule has 0 spiro atoms. The second kappa shape index (κ2) is 9.67. The molecule has 0 saturated heterocycles. The molecule has 0 aliphatic carbocycles. The predicted molar refractivity (Wildman–Crippen MR) is 98.1 cm³/mol. The summed E-state index contributed by atoms with van der Waals surface area (Å²) in [6.07, 6.45) is 3.37. The topological polar surface area (TPSA) is 83.6 Å². The molecule has 2 rings (SSSR count). The highest BCUT2D eigenvalue weighted by Gasteiger charge is 2.08. The van der Waals surface area contributed by atoms with Crippen LogP contribution in [0.3, 0.4) is 0 Å². The molecular weight excluding hydrogens is 322 g/mol. The number of hydrogen-bond acceptors (Lipinski definition) is 4. The Morgan fingerprint density at radius 3 is 2.92 bits per heavy atom. The summed E-state index contributed by atoms with van der Waals surface area (Å²) in [4.78, 5) is 23.3. The van der Waals surface area contributed by atoms with Crippen LogP contribution in [-0.4, -0.2) is 48.4 Å². The van der Waals surface area contributed by atoms with Gasteiger partial charge in [0, 0.05) is 43.3 Å². The van der Waals surface area contributed by atoms with Gasteiger partial charge in [-0.3, -0.25) is 9.78 Å². The minimum Gasteiger partial charge on any atom is -0.370 e. The van der Waals surface area contributed by atoms with E-state index in [2.05, 4.69) is 21.4 Å². The first-order valence-electron chi connectivity index (χ1n) is 7.85. The summed E-state index contributed by atoms with van der Waals surface area (Å²) in [5.41, 5.74) is 6.76. The largest absolute Gasteiger partial charge is 0.370 e. The molecule has 0 atom stereocenters. The van der Waals surface area contributed by atoms with E-state index in [1.807, 2.05) is 29.6 Å². The maximum atomic E-state index is 12.0. The average molecular weight is 345 g/mol. The Balaban J connectivity index is 1.66. The van der Waals surface area contributed by atoms with Crippen molar-refractivity contribution in [3.63, 3.8) is 0 Å². The first-order valence-corrected chi connectivity index (χ1v) is 8.73. The summed E-state index contributed by atoms with van der Waals surface area (Å²) in [5, 5.41) is 5.07. The third-order valence-corrected chi connectivity index (χ3v) is 4.43. The smallest absolute Gasteiger partial charge is 0.244 e. The van der Waals surface area contributed by atoms with Crippen LogP contribution in [0, 0.1) is 0 Å². The quantitative estimate of drug-likeness (QED) is 0.558. The number of aromatic nitrogens is 1. The van der Waals surface area contributed by atoms with Crippen LogP contribution in [-0.2, 0) is 17.6 Å². The van der Waals surface area contributed by atoms with Crippen LogP contribution < -0.4 is 11.1 Å². The van der Waals surface area contributed by atoms with Gasteiger partial charge in [0.1, 0.15) is 6.54 Å². The van der Waals surface area contributed by atoms with E-state index in [-0.39, 0.29) is 12.5 Å². The van der Waals surface area contributed by atoms with Crippen LogP contribution in [0.25, 0.3) is 0 Å². The van der Waals surface area contributed by atoms with Gasteiger partial charge >= 0.3 is 0 Å². The fourth-order valence-electron chi connectivity index (χ4n) is 2.05. The molecule has 7 heteroatoms. The van der Waals surface area contributed by atoms with Crippen molar-refractivity contribution in [2.75, 3.05) is 26.7 Å². The lowest BCUT2D eigenvalue weighted by atomic mass is 10.2. The number of carbonyl (C=O) groups excluding carboxylic acids is 1. The van der Waals surface area contributed by atoms with E-state index in [1.54, 1.807) is 29.5 Å². The molecule has 0 unspecified atom stereocenters. The summed E-state index contributed by atoms with van der Waals surface area (Å²) in [6.45, 7) is 1.37. The number of aliphatic imine (C=N–C) groups is 1. The third kappa shape index (κ3) is 6.37. The minimum absolute atomic E-state index is 0.0521. The zero-order valence-electron chi connectivity index (χ0n) is 13.8. The first-order chi connectivity index (χ1) is 11.6. The maximum absolute atomic E-state index is 12.0.